The minimum Gasteiger partial charge on any atom is -0.420 e. The summed E-state index contributed by atoms with van der Waals surface area (Å²) in [6.45, 7) is 0.855. The van der Waals surface area contributed by atoms with Gasteiger partial charge < -0.3 is 9.32 Å². The molecule has 10 heteroatoms. The summed E-state index contributed by atoms with van der Waals surface area (Å²) in [6.07, 6.45) is 1.20. The largest absolute Gasteiger partial charge is 0.420 e. The molecule has 0 radical (unpaired) electrons. The van der Waals surface area contributed by atoms with Crippen molar-refractivity contribution in [3.63, 3.8) is 0 Å². The Balaban J connectivity index is 1.43. The number of rotatable bonds is 4. The highest BCUT2D eigenvalue weighted by Gasteiger charge is 2.29. The molecule has 1 aliphatic rings. The average Bonchev–Trinajstić information content (AvgIpc) is 3.24. The van der Waals surface area contributed by atoms with Crippen LogP contribution in [0.3, 0.4) is 0 Å². The SMILES string of the molecule is O=C(c1cc([N+](=O)[O-])ccc1Cl)N1CCC(c2nnc(-c3ccc(F)cc3)o2)CC1. The number of non-ortho nitro benzene ring substituents is 1. The zero-order valence-electron chi connectivity index (χ0n) is 15.6. The highest BCUT2D eigenvalue weighted by Crippen LogP contribution is 2.31. The molecule has 8 nitrogen and oxygen atoms in total. The average molecular weight is 431 g/mol. The van der Waals surface area contributed by atoms with Gasteiger partial charge in [0.1, 0.15) is 5.82 Å². The number of benzene rings is 2. The van der Waals surface area contributed by atoms with Crippen molar-refractivity contribution < 1.29 is 18.5 Å². The summed E-state index contributed by atoms with van der Waals surface area (Å²) in [5, 5.41) is 19.3. The Morgan fingerprint density at radius 3 is 2.53 bits per heavy atom. The van der Waals surface area contributed by atoms with Crippen molar-refractivity contribution in [2.75, 3.05) is 13.1 Å². The molecule has 154 valence electrons. The quantitative estimate of drug-likeness (QED) is 0.447. The number of hydrogen-bond acceptors (Lipinski definition) is 6. The zero-order chi connectivity index (χ0) is 21.3. The highest BCUT2D eigenvalue weighted by atomic mass is 35.5. The van der Waals surface area contributed by atoms with Crippen molar-refractivity contribution in [2.24, 2.45) is 0 Å². The topological polar surface area (TPSA) is 102 Å². The van der Waals surface area contributed by atoms with E-state index < -0.39 is 4.92 Å². The van der Waals surface area contributed by atoms with Gasteiger partial charge in [0.15, 0.2) is 0 Å². The van der Waals surface area contributed by atoms with Gasteiger partial charge in [-0.2, -0.15) is 0 Å². The van der Waals surface area contributed by atoms with Crippen LogP contribution in [0.5, 0.6) is 0 Å². The van der Waals surface area contributed by atoms with Crippen molar-refractivity contribution in [2.45, 2.75) is 18.8 Å². The van der Waals surface area contributed by atoms with Crippen molar-refractivity contribution in [3.8, 4) is 11.5 Å². The second kappa shape index (κ2) is 8.19. The maximum atomic E-state index is 13.1. The van der Waals surface area contributed by atoms with E-state index >= 15 is 0 Å². The smallest absolute Gasteiger partial charge is 0.270 e. The van der Waals surface area contributed by atoms with Crippen LogP contribution in [0, 0.1) is 15.9 Å². The third kappa shape index (κ3) is 4.02. The summed E-state index contributed by atoms with van der Waals surface area (Å²) in [5.74, 6) is 0.0667. The fraction of sp³-hybridized carbons (Fsp3) is 0.250. The Hall–Kier alpha value is -3.33. The molecule has 3 aromatic rings. The molecule has 0 atom stereocenters. The lowest BCUT2D eigenvalue weighted by atomic mass is 9.96. The summed E-state index contributed by atoms with van der Waals surface area (Å²) in [5.41, 5.74) is 0.556. The van der Waals surface area contributed by atoms with E-state index in [0.29, 0.717) is 43.3 Å². The summed E-state index contributed by atoms with van der Waals surface area (Å²) in [4.78, 5) is 24.8. The standard InChI is InChI=1S/C20H16ClFN4O4/c21-17-6-5-15(26(28)29)11-16(17)20(27)25-9-7-13(8-10-25)19-24-23-18(30-19)12-1-3-14(22)4-2-12/h1-6,11,13H,7-10H2. The Bertz CT molecular complexity index is 1090. The van der Waals surface area contributed by atoms with Crippen molar-refractivity contribution in [3.05, 3.63) is 74.9 Å². The van der Waals surface area contributed by atoms with E-state index in [2.05, 4.69) is 10.2 Å². The number of piperidine rings is 1. The van der Waals surface area contributed by atoms with Crippen molar-refractivity contribution >= 4 is 23.2 Å². The van der Waals surface area contributed by atoms with E-state index in [-0.39, 0.29) is 33.9 Å². The predicted octanol–water partition coefficient (Wildman–Crippen LogP) is 4.46. The molecule has 2 aromatic carbocycles. The first kappa shape index (κ1) is 20.0. The van der Waals surface area contributed by atoms with Gasteiger partial charge in [-0.15, -0.1) is 10.2 Å². The van der Waals surface area contributed by atoms with Gasteiger partial charge in [-0.05, 0) is 43.2 Å². The fourth-order valence-corrected chi connectivity index (χ4v) is 3.60. The van der Waals surface area contributed by atoms with Gasteiger partial charge in [0, 0.05) is 36.7 Å². The third-order valence-electron chi connectivity index (χ3n) is 5.05. The van der Waals surface area contributed by atoms with Gasteiger partial charge in [0.25, 0.3) is 11.6 Å². The highest BCUT2D eigenvalue weighted by molar-refractivity contribution is 6.33. The number of nitrogens with zero attached hydrogens (tertiary/aromatic N) is 4. The van der Waals surface area contributed by atoms with Crippen LogP contribution in [0.25, 0.3) is 11.5 Å². The molecule has 0 aliphatic carbocycles. The number of amides is 1. The summed E-state index contributed by atoms with van der Waals surface area (Å²) >= 11 is 6.08. The number of halogens is 2. The minimum atomic E-state index is -0.562. The normalized spacial score (nSPS) is 14.7. The number of aromatic nitrogens is 2. The van der Waals surface area contributed by atoms with E-state index in [9.17, 15) is 19.3 Å². The maximum Gasteiger partial charge on any atom is 0.270 e. The molecule has 2 heterocycles. The van der Waals surface area contributed by atoms with Gasteiger partial charge >= 0.3 is 0 Å². The van der Waals surface area contributed by atoms with Gasteiger partial charge in [-0.25, -0.2) is 4.39 Å². The number of likely N-dealkylation sites (tertiary alicyclic amines) is 1. The first-order valence-corrected chi connectivity index (χ1v) is 9.62. The Kier molecular flexibility index (Phi) is 5.45. The van der Waals surface area contributed by atoms with Gasteiger partial charge in [0.05, 0.1) is 15.5 Å². The molecule has 0 unspecified atom stereocenters. The first-order valence-electron chi connectivity index (χ1n) is 9.25. The Morgan fingerprint density at radius 2 is 1.87 bits per heavy atom. The first-order chi connectivity index (χ1) is 14.4. The minimum absolute atomic E-state index is 0.0173. The number of nitro groups is 1. The molecule has 0 bridgehead atoms. The van der Waals surface area contributed by atoms with E-state index in [1.165, 1.54) is 30.3 Å². The molecule has 4 rings (SSSR count). The molecule has 1 aromatic heterocycles. The van der Waals surface area contributed by atoms with Crippen molar-refractivity contribution in [1.29, 1.82) is 0 Å². The van der Waals surface area contributed by atoms with Crippen LogP contribution < -0.4 is 0 Å². The van der Waals surface area contributed by atoms with Crippen LogP contribution in [-0.2, 0) is 0 Å². The summed E-state index contributed by atoms with van der Waals surface area (Å²) in [7, 11) is 0. The number of carbonyl (C=O) groups is 1. The van der Waals surface area contributed by atoms with E-state index in [0.717, 1.165) is 0 Å². The van der Waals surface area contributed by atoms with Crippen LogP contribution in [0.15, 0.2) is 46.9 Å². The lowest BCUT2D eigenvalue weighted by molar-refractivity contribution is -0.384. The molecule has 0 spiro atoms. The zero-order valence-corrected chi connectivity index (χ0v) is 16.4. The predicted molar refractivity (Wildman–Crippen MR) is 106 cm³/mol. The van der Waals surface area contributed by atoms with Crippen LogP contribution in [-0.4, -0.2) is 39.0 Å². The molecule has 1 saturated heterocycles. The molecular formula is C20H16ClFN4O4. The number of nitro benzene ring substituents is 1. The van der Waals surface area contributed by atoms with Crippen molar-refractivity contribution in [1.82, 2.24) is 15.1 Å². The third-order valence-corrected chi connectivity index (χ3v) is 5.38. The summed E-state index contributed by atoms with van der Waals surface area (Å²) in [6, 6.07) is 9.59. The fourth-order valence-electron chi connectivity index (χ4n) is 3.40. The molecule has 1 aliphatic heterocycles. The van der Waals surface area contributed by atoms with Gasteiger partial charge in [-0.1, -0.05) is 11.6 Å². The van der Waals surface area contributed by atoms with E-state index in [1.807, 2.05) is 0 Å². The number of hydrogen-bond donors (Lipinski definition) is 0. The Morgan fingerprint density at radius 1 is 1.17 bits per heavy atom. The lowest BCUT2D eigenvalue weighted by Crippen LogP contribution is -2.38. The molecular weight excluding hydrogens is 415 g/mol. The van der Waals surface area contributed by atoms with Crippen LogP contribution in [0.2, 0.25) is 5.02 Å². The van der Waals surface area contributed by atoms with Crippen LogP contribution in [0.4, 0.5) is 10.1 Å². The molecule has 0 saturated carbocycles. The van der Waals surface area contributed by atoms with Gasteiger partial charge in [-0.3, -0.25) is 14.9 Å². The monoisotopic (exact) mass is 430 g/mol. The van der Waals surface area contributed by atoms with E-state index in [1.54, 1.807) is 17.0 Å². The molecule has 1 fully saturated rings. The number of carbonyl (C=O) groups excluding carboxylic acids is 1. The maximum absolute atomic E-state index is 13.1. The molecule has 0 N–H and O–H groups in total. The molecule has 30 heavy (non-hydrogen) atoms. The van der Waals surface area contributed by atoms with Crippen LogP contribution >= 0.6 is 11.6 Å². The Labute approximate surface area is 175 Å². The summed E-state index contributed by atoms with van der Waals surface area (Å²) < 4.78 is 18.8. The second-order valence-corrected chi connectivity index (χ2v) is 7.35. The van der Waals surface area contributed by atoms with Crippen LogP contribution in [0.1, 0.15) is 35.0 Å². The second-order valence-electron chi connectivity index (χ2n) is 6.94. The molecule has 1 amide bonds. The van der Waals surface area contributed by atoms with Gasteiger partial charge in [0.2, 0.25) is 11.8 Å². The van der Waals surface area contributed by atoms with E-state index in [4.69, 9.17) is 16.0 Å². The lowest BCUT2D eigenvalue weighted by Gasteiger charge is -2.30.